The van der Waals surface area contributed by atoms with Crippen LogP contribution in [-0.2, 0) is 0 Å². The molecule has 0 aliphatic heterocycles. The first-order valence-electron chi connectivity index (χ1n) is 4.63. The normalized spacial score (nSPS) is 10.4. The van der Waals surface area contributed by atoms with Gasteiger partial charge in [-0.3, -0.25) is 10.1 Å². The van der Waals surface area contributed by atoms with Crippen molar-refractivity contribution >= 4 is 5.69 Å². The van der Waals surface area contributed by atoms with E-state index in [2.05, 4.69) is 10.1 Å². The van der Waals surface area contributed by atoms with Gasteiger partial charge in [-0.25, -0.2) is 0 Å². The molecule has 0 saturated heterocycles. The van der Waals surface area contributed by atoms with Crippen LogP contribution in [0.1, 0.15) is 11.4 Å². The molecule has 0 aliphatic rings. The fourth-order valence-electron chi connectivity index (χ4n) is 1.35. The van der Waals surface area contributed by atoms with Crippen molar-refractivity contribution in [3.05, 3.63) is 39.7 Å². The summed E-state index contributed by atoms with van der Waals surface area (Å²) in [7, 11) is 0. The zero-order chi connectivity index (χ0) is 11.7. The van der Waals surface area contributed by atoms with Gasteiger partial charge in [0.15, 0.2) is 5.82 Å². The lowest BCUT2D eigenvalue weighted by molar-refractivity contribution is -0.385. The Kier molecular flexibility index (Phi) is 2.40. The summed E-state index contributed by atoms with van der Waals surface area (Å²) in [5.74, 6) is 0.791. The molecule has 0 aliphatic carbocycles. The van der Waals surface area contributed by atoms with Gasteiger partial charge in [-0.05, 0) is 19.9 Å². The van der Waals surface area contributed by atoms with E-state index < -0.39 is 4.92 Å². The summed E-state index contributed by atoms with van der Waals surface area (Å²) >= 11 is 0. The van der Waals surface area contributed by atoms with Gasteiger partial charge in [0, 0.05) is 17.2 Å². The van der Waals surface area contributed by atoms with E-state index in [-0.39, 0.29) is 5.69 Å². The summed E-state index contributed by atoms with van der Waals surface area (Å²) in [6.07, 6.45) is 0. The maximum atomic E-state index is 10.7. The zero-order valence-corrected chi connectivity index (χ0v) is 8.80. The largest absolute Gasteiger partial charge is 0.334 e. The van der Waals surface area contributed by atoms with Crippen LogP contribution in [-0.4, -0.2) is 15.1 Å². The highest BCUT2D eigenvalue weighted by Crippen LogP contribution is 2.25. The molecule has 6 nitrogen and oxygen atoms in total. The standard InChI is InChI=1S/C10H9N3O3/c1-6-3-4-8(5-9(6)13(14)15)10-11-7(2)12-16-10/h3-5H,1-2H3. The minimum Gasteiger partial charge on any atom is -0.334 e. The Balaban J connectivity index is 2.51. The van der Waals surface area contributed by atoms with Crippen LogP contribution in [0.2, 0.25) is 0 Å². The van der Waals surface area contributed by atoms with E-state index in [0.29, 0.717) is 22.8 Å². The molecule has 1 aromatic carbocycles. The first-order valence-corrected chi connectivity index (χ1v) is 4.63. The van der Waals surface area contributed by atoms with Gasteiger partial charge in [-0.1, -0.05) is 11.2 Å². The second kappa shape index (κ2) is 3.73. The van der Waals surface area contributed by atoms with Crippen LogP contribution >= 0.6 is 0 Å². The number of nitro groups is 1. The number of hydrogen-bond donors (Lipinski definition) is 0. The minimum atomic E-state index is -0.429. The van der Waals surface area contributed by atoms with Crippen molar-refractivity contribution in [1.29, 1.82) is 0 Å². The Bertz CT molecular complexity index is 548. The van der Waals surface area contributed by atoms with Crippen LogP contribution in [0.3, 0.4) is 0 Å². The fraction of sp³-hybridized carbons (Fsp3) is 0.200. The van der Waals surface area contributed by atoms with Crippen molar-refractivity contribution < 1.29 is 9.45 Å². The van der Waals surface area contributed by atoms with E-state index in [9.17, 15) is 10.1 Å². The molecule has 0 N–H and O–H groups in total. The summed E-state index contributed by atoms with van der Waals surface area (Å²) < 4.78 is 4.94. The number of nitrogens with zero attached hydrogens (tertiary/aromatic N) is 3. The quantitative estimate of drug-likeness (QED) is 0.571. The van der Waals surface area contributed by atoms with E-state index in [0.717, 1.165) is 0 Å². The molecule has 0 bridgehead atoms. The van der Waals surface area contributed by atoms with Gasteiger partial charge in [0.1, 0.15) is 0 Å². The molecule has 16 heavy (non-hydrogen) atoms. The maximum Gasteiger partial charge on any atom is 0.273 e. The van der Waals surface area contributed by atoms with Crippen LogP contribution in [0.4, 0.5) is 5.69 Å². The first-order chi connectivity index (χ1) is 7.58. The van der Waals surface area contributed by atoms with Gasteiger partial charge in [-0.15, -0.1) is 0 Å². The third-order valence-electron chi connectivity index (χ3n) is 2.18. The number of benzene rings is 1. The van der Waals surface area contributed by atoms with Crippen molar-refractivity contribution in [3.8, 4) is 11.5 Å². The van der Waals surface area contributed by atoms with Crippen molar-refractivity contribution in [1.82, 2.24) is 10.1 Å². The molecule has 0 saturated carbocycles. The van der Waals surface area contributed by atoms with Gasteiger partial charge in [0.2, 0.25) is 0 Å². The van der Waals surface area contributed by atoms with E-state index in [1.807, 2.05) is 0 Å². The second-order valence-corrected chi connectivity index (χ2v) is 3.41. The van der Waals surface area contributed by atoms with E-state index in [1.165, 1.54) is 6.07 Å². The molecular formula is C10H9N3O3. The van der Waals surface area contributed by atoms with Crippen molar-refractivity contribution in [2.45, 2.75) is 13.8 Å². The highest BCUT2D eigenvalue weighted by Gasteiger charge is 2.14. The molecule has 1 heterocycles. The monoisotopic (exact) mass is 219 g/mol. The SMILES string of the molecule is Cc1noc(-c2ccc(C)c([N+](=O)[O-])c2)n1. The highest BCUT2D eigenvalue weighted by molar-refractivity contribution is 5.59. The van der Waals surface area contributed by atoms with Crippen molar-refractivity contribution in [2.75, 3.05) is 0 Å². The Labute approximate surface area is 91.1 Å². The average molecular weight is 219 g/mol. The molecule has 2 rings (SSSR count). The van der Waals surface area contributed by atoms with Crippen LogP contribution in [0.25, 0.3) is 11.5 Å². The molecule has 0 radical (unpaired) electrons. The van der Waals surface area contributed by atoms with Gasteiger partial charge in [0.05, 0.1) is 4.92 Å². The lowest BCUT2D eigenvalue weighted by atomic mass is 10.1. The molecule has 0 fully saturated rings. The lowest BCUT2D eigenvalue weighted by Crippen LogP contribution is -1.92. The predicted octanol–water partition coefficient (Wildman–Crippen LogP) is 2.26. The summed E-state index contributed by atoms with van der Waals surface area (Å²) in [5, 5.41) is 14.4. The molecule has 1 aromatic heterocycles. The van der Waals surface area contributed by atoms with Crippen LogP contribution in [0, 0.1) is 24.0 Å². The van der Waals surface area contributed by atoms with E-state index >= 15 is 0 Å². The third kappa shape index (κ3) is 1.77. The van der Waals surface area contributed by atoms with Gasteiger partial charge in [0.25, 0.3) is 11.6 Å². The van der Waals surface area contributed by atoms with Gasteiger partial charge >= 0.3 is 0 Å². The Hall–Kier alpha value is -2.24. The molecule has 0 atom stereocenters. The minimum absolute atomic E-state index is 0.0494. The van der Waals surface area contributed by atoms with Crippen molar-refractivity contribution in [2.24, 2.45) is 0 Å². The summed E-state index contributed by atoms with van der Waals surface area (Å²) in [5.41, 5.74) is 1.20. The smallest absolute Gasteiger partial charge is 0.273 e. The van der Waals surface area contributed by atoms with E-state index in [1.54, 1.807) is 26.0 Å². The second-order valence-electron chi connectivity index (χ2n) is 3.41. The number of hydrogen-bond acceptors (Lipinski definition) is 5. The number of aromatic nitrogens is 2. The predicted molar refractivity (Wildman–Crippen MR) is 55.9 cm³/mol. The molecule has 6 heteroatoms. The Morgan fingerprint density at radius 3 is 2.69 bits per heavy atom. The average Bonchev–Trinajstić information content (AvgIpc) is 2.65. The Morgan fingerprint density at radius 2 is 2.12 bits per heavy atom. The molecule has 0 spiro atoms. The first kappa shape index (κ1) is 10.3. The molecule has 82 valence electrons. The molecule has 2 aromatic rings. The maximum absolute atomic E-state index is 10.7. The summed E-state index contributed by atoms with van der Waals surface area (Å²) in [6.45, 7) is 3.37. The van der Waals surface area contributed by atoms with Crippen molar-refractivity contribution in [3.63, 3.8) is 0 Å². The van der Waals surface area contributed by atoms with E-state index in [4.69, 9.17) is 4.52 Å². The third-order valence-corrected chi connectivity index (χ3v) is 2.18. The lowest BCUT2D eigenvalue weighted by Gasteiger charge is -1.98. The van der Waals surface area contributed by atoms with Crippen LogP contribution in [0.5, 0.6) is 0 Å². The summed E-state index contributed by atoms with van der Waals surface area (Å²) in [4.78, 5) is 14.3. The van der Waals surface area contributed by atoms with Crippen LogP contribution in [0.15, 0.2) is 22.7 Å². The fourth-order valence-corrected chi connectivity index (χ4v) is 1.35. The van der Waals surface area contributed by atoms with Gasteiger partial charge < -0.3 is 4.52 Å². The zero-order valence-electron chi connectivity index (χ0n) is 8.80. The topological polar surface area (TPSA) is 82.1 Å². The Morgan fingerprint density at radius 1 is 1.38 bits per heavy atom. The summed E-state index contributed by atoms with van der Waals surface area (Å²) in [6, 6.07) is 4.81. The molecular weight excluding hydrogens is 210 g/mol. The molecule has 0 unspecified atom stereocenters. The number of aryl methyl sites for hydroxylation is 2. The van der Waals surface area contributed by atoms with Gasteiger partial charge in [-0.2, -0.15) is 4.98 Å². The molecule has 0 amide bonds. The number of nitro benzene ring substituents is 1. The van der Waals surface area contributed by atoms with Crippen LogP contribution < -0.4 is 0 Å². The highest BCUT2D eigenvalue weighted by atomic mass is 16.6. The number of rotatable bonds is 2.